The second kappa shape index (κ2) is 4.35. The van der Waals surface area contributed by atoms with Gasteiger partial charge >= 0.3 is 0 Å². The van der Waals surface area contributed by atoms with Crippen LogP contribution in [0.3, 0.4) is 0 Å². The van der Waals surface area contributed by atoms with Crippen molar-refractivity contribution >= 4 is 26.8 Å². The molecule has 4 nitrogen and oxygen atoms in total. The highest BCUT2D eigenvalue weighted by atomic mass is 32.1. The third-order valence-electron chi connectivity index (χ3n) is 2.77. The van der Waals surface area contributed by atoms with Gasteiger partial charge in [-0.05, 0) is 25.1 Å². The smallest absolute Gasteiger partial charge is 0.187 e. The van der Waals surface area contributed by atoms with Crippen LogP contribution < -0.4 is 10.2 Å². The van der Waals surface area contributed by atoms with Crippen molar-refractivity contribution in [2.24, 2.45) is 0 Å². The Kier molecular flexibility index (Phi) is 2.71. The highest BCUT2D eigenvalue weighted by Crippen LogP contribution is 2.27. The Balaban J connectivity index is 1.92. The topological polar surface area (TPSA) is 41.1 Å². The average Bonchev–Trinajstić information content (AvgIpc) is 2.56. The molecule has 1 aliphatic rings. The largest absolute Gasteiger partial charge is 0.347 e. The van der Waals surface area contributed by atoms with Crippen molar-refractivity contribution in [3.8, 4) is 0 Å². The van der Waals surface area contributed by atoms with E-state index in [1.165, 1.54) is 6.42 Å². The van der Waals surface area contributed by atoms with Crippen LogP contribution in [-0.4, -0.2) is 36.1 Å². The van der Waals surface area contributed by atoms with E-state index in [-0.39, 0.29) is 0 Å². The lowest BCUT2D eigenvalue weighted by atomic mass is 10.4. The van der Waals surface area contributed by atoms with Gasteiger partial charge in [-0.25, -0.2) is 9.97 Å². The van der Waals surface area contributed by atoms with Gasteiger partial charge in [-0.3, -0.25) is 0 Å². The van der Waals surface area contributed by atoms with Gasteiger partial charge in [-0.1, -0.05) is 11.3 Å². The predicted octanol–water partition coefficient (Wildman–Crippen LogP) is 1.49. The van der Waals surface area contributed by atoms with Gasteiger partial charge in [0.1, 0.15) is 10.3 Å². The van der Waals surface area contributed by atoms with Crippen LogP contribution in [0, 0.1) is 0 Å². The third kappa shape index (κ3) is 1.88. The Hall–Kier alpha value is -1.20. The van der Waals surface area contributed by atoms with E-state index < -0.39 is 0 Å². The van der Waals surface area contributed by atoms with Crippen LogP contribution in [0.2, 0.25) is 0 Å². The Morgan fingerprint density at radius 3 is 3.25 bits per heavy atom. The van der Waals surface area contributed by atoms with Gasteiger partial charge in [-0.15, -0.1) is 0 Å². The molecule has 3 rings (SSSR count). The molecule has 0 bridgehead atoms. The SMILES string of the molecule is c1cnc2sc(N3CCCNCC3)nc2c1. The van der Waals surface area contributed by atoms with Crippen molar-refractivity contribution in [2.75, 3.05) is 31.1 Å². The molecular formula is C11H14N4S. The quantitative estimate of drug-likeness (QED) is 0.811. The predicted molar refractivity (Wildman–Crippen MR) is 67.1 cm³/mol. The molecule has 1 saturated heterocycles. The van der Waals surface area contributed by atoms with Crippen LogP contribution in [0.5, 0.6) is 0 Å². The first kappa shape index (κ1) is 9.99. The molecule has 2 aromatic heterocycles. The standard InChI is InChI=1S/C11H14N4S/c1-3-9-10(13-5-1)16-11(14-9)15-7-2-4-12-6-8-15/h1,3,5,12H,2,4,6-8H2. The summed E-state index contributed by atoms with van der Waals surface area (Å²) in [7, 11) is 0. The van der Waals surface area contributed by atoms with Crippen molar-refractivity contribution in [1.82, 2.24) is 15.3 Å². The van der Waals surface area contributed by atoms with E-state index in [2.05, 4.69) is 20.2 Å². The summed E-state index contributed by atoms with van der Waals surface area (Å²) in [4.78, 5) is 12.4. The number of anilines is 1. The number of thiazole rings is 1. The fourth-order valence-electron chi connectivity index (χ4n) is 1.93. The van der Waals surface area contributed by atoms with Crippen molar-refractivity contribution in [1.29, 1.82) is 0 Å². The van der Waals surface area contributed by atoms with Gasteiger partial charge < -0.3 is 10.2 Å². The first-order valence-electron chi connectivity index (χ1n) is 5.61. The molecule has 0 saturated carbocycles. The molecule has 1 aliphatic heterocycles. The molecule has 0 unspecified atom stereocenters. The number of aromatic nitrogens is 2. The van der Waals surface area contributed by atoms with Crippen molar-refractivity contribution in [3.05, 3.63) is 18.3 Å². The van der Waals surface area contributed by atoms with Gasteiger partial charge in [0.2, 0.25) is 0 Å². The zero-order valence-corrected chi connectivity index (χ0v) is 9.83. The van der Waals surface area contributed by atoms with Gasteiger partial charge in [0, 0.05) is 25.8 Å². The second-order valence-electron chi connectivity index (χ2n) is 3.91. The normalized spacial score (nSPS) is 17.6. The number of hydrogen-bond acceptors (Lipinski definition) is 5. The van der Waals surface area contributed by atoms with Crippen LogP contribution >= 0.6 is 11.3 Å². The van der Waals surface area contributed by atoms with E-state index in [1.807, 2.05) is 18.3 Å². The van der Waals surface area contributed by atoms with Crippen LogP contribution in [0.15, 0.2) is 18.3 Å². The maximum absolute atomic E-state index is 4.63. The summed E-state index contributed by atoms with van der Waals surface area (Å²) < 4.78 is 0. The van der Waals surface area contributed by atoms with Gasteiger partial charge in [0.05, 0.1) is 0 Å². The number of rotatable bonds is 1. The summed E-state index contributed by atoms with van der Waals surface area (Å²) in [6, 6.07) is 3.97. The Morgan fingerprint density at radius 1 is 1.31 bits per heavy atom. The van der Waals surface area contributed by atoms with E-state index in [9.17, 15) is 0 Å². The number of pyridine rings is 1. The zero-order valence-electron chi connectivity index (χ0n) is 9.02. The summed E-state index contributed by atoms with van der Waals surface area (Å²) in [6.45, 7) is 4.29. The van der Waals surface area contributed by atoms with Gasteiger partial charge in [-0.2, -0.15) is 0 Å². The van der Waals surface area contributed by atoms with Crippen LogP contribution in [0.1, 0.15) is 6.42 Å². The molecule has 2 aromatic rings. The van der Waals surface area contributed by atoms with Crippen molar-refractivity contribution in [3.63, 3.8) is 0 Å². The number of fused-ring (bicyclic) bond motifs is 1. The van der Waals surface area contributed by atoms with E-state index >= 15 is 0 Å². The molecule has 0 aromatic carbocycles. The van der Waals surface area contributed by atoms with E-state index in [0.29, 0.717) is 0 Å². The minimum Gasteiger partial charge on any atom is -0.347 e. The van der Waals surface area contributed by atoms with E-state index in [0.717, 1.165) is 41.7 Å². The number of hydrogen-bond donors (Lipinski definition) is 1. The molecule has 16 heavy (non-hydrogen) atoms. The van der Waals surface area contributed by atoms with Gasteiger partial charge in [0.25, 0.3) is 0 Å². The summed E-state index contributed by atoms with van der Waals surface area (Å²) >= 11 is 1.69. The summed E-state index contributed by atoms with van der Waals surface area (Å²) in [5.74, 6) is 0. The van der Waals surface area contributed by atoms with Crippen LogP contribution in [0.25, 0.3) is 10.3 Å². The summed E-state index contributed by atoms with van der Waals surface area (Å²) in [5.41, 5.74) is 1.01. The average molecular weight is 234 g/mol. The maximum atomic E-state index is 4.63. The second-order valence-corrected chi connectivity index (χ2v) is 4.87. The molecule has 1 N–H and O–H groups in total. The lowest BCUT2D eigenvalue weighted by molar-refractivity contribution is 0.724. The highest BCUT2D eigenvalue weighted by Gasteiger charge is 2.13. The Bertz CT molecular complexity index is 441. The van der Waals surface area contributed by atoms with Crippen molar-refractivity contribution in [2.45, 2.75) is 6.42 Å². The minimum atomic E-state index is 1.01. The molecule has 1 fully saturated rings. The molecule has 5 heteroatoms. The molecule has 0 amide bonds. The van der Waals surface area contributed by atoms with Crippen LogP contribution in [0.4, 0.5) is 5.13 Å². The number of nitrogens with zero attached hydrogens (tertiary/aromatic N) is 3. The molecule has 0 radical (unpaired) electrons. The molecule has 0 atom stereocenters. The van der Waals surface area contributed by atoms with Crippen molar-refractivity contribution < 1.29 is 0 Å². The highest BCUT2D eigenvalue weighted by molar-refractivity contribution is 7.21. The molecular weight excluding hydrogens is 220 g/mol. The Labute approximate surface area is 98.3 Å². The fourth-order valence-corrected chi connectivity index (χ4v) is 2.89. The number of nitrogens with one attached hydrogen (secondary N) is 1. The van der Waals surface area contributed by atoms with Gasteiger partial charge in [0.15, 0.2) is 5.13 Å². The maximum Gasteiger partial charge on any atom is 0.187 e. The zero-order chi connectivity index (χ0) is 10.8. The van der Waals surface area contributed by atoms with Crippen LogP contribution in [-0.2, 0) is 0 Å². The first-order valence-corrected chi connectivity index (χ1v) is 6.42. The van der Waals surface area contributed by atoms with E-state index in [4.69, 9.17) is 0 Å². The lowest BCUT2D eigenvalue weighted by Gasteiger charge is -2.17. The monoisotopic (exact) mass is 234 g/mol. The third-order valence-corrected chi connectivity index (χ3v) is 3.81. The Morgan fingerprint density at radius 2 is 2.31 bits per heavy atom. The molecule has 3 heterocycles. The lowest BCUT2D eigenvalue weighted by Crippen LogP contribution is -2.27. The molecule has 0 spiro atoms. The fraction of sp³-hybridized carbons (Fsp3) is 0.455. The van der Waals surface area contributed by atoms with E-state index in [1.54, 1.807) is 11.3 Å². The first-order chi connectivity index (χ1) is 7.93. The summed E-state index contributed by atoms with van der Waals surface area (Å²) in [5, 5.41) is 4.51. The summed E-state index contributed by atoms with van der Waals surface area (Å²) in [6.07, 6.45) is 3.01. The molecule has 84 valence electrons. The molecule has 0 aliphatic carbocycles. The minimum absolute atomic E-state index is 1.01.